The minimum atomic E-state index is 0.356. The number of rotatable bonds is 9. The fourth-order valence-electron chi connectivity index (χ4n) is 2.77. The van der Waals surface area contributed by atoms with Crippen LogP contribution in [0.4, 0.5) is 0 Å². The number of unbranched alkanes of at least 4 members (excludes halogenated alkanes) is 3. The molecule has 102 valence electrons. The second kappa shape index (κ2) is 9.86. The number of likely N-dealkylation sites (tertiary alicyclic amines) is 1. The molecule has 1 heterocycles. The number of nitrogens with one attached hydrogen (secondary N) is 1. The summed E-state index contributed by atoms with van der Waals surface area (Å²) in [5, 5.41) is 12.0. The summed E-state index contributed by atoms with van der Waals surface area (Å²) in [5.41, 5.74) is 0. The molecule has 1 fully saturated rings. The van der Waals surface area contributed by atoms with Gasteiger partial charge in [0.1, 0.15) is 0 Å². The average Bonchev–Trinajstić information content (AvgIpc) is 2.37. The molecule has 0 aromatic carbocycles. The Kier molecular flexibility index (Phi) is 8.67. The first-order valence-electron chi connectivity index (χ1n) is 7.38. The molecule has 17 heavy (non-hydrogen) atoms. The SMILES string of the molecule is CNCCC1CCCCN1CCCCCCO. The van der Waals surface area contributed by atoms with Gasteiger partial charge in [0.15, 0.2) is 0 Å². The van der Waals surface area contributed by atoms with E-state index in [2.05, 4.69) is 10.2 Å². The van der Waals surface area contributed by atoms with E-state index in [1.807, 2.05) is 7.05 Å². The molecule has 0 saturated carbocycles. The Morgan fingerprint density at radius 3 is 2.76 bits per heavy atom. The zero-order valence-corrected chi connectivity index (χ0v) is 11.5. The van der Waals surface area contributed by atoms with E-state index in [4.69, 9.17) is 5.11 Å². The van der Waals surface area contributed by atoms with Crippen LogP contribution in [0.15, 0.2) is 0 Å². The first kappa shape index (κ1) is 14.9. The van der Waals surface area contributed by atoms with Gasteiger partial charge in [-0.25, -0.2) is 0 Å². The molecule has 1 saturated heterocycles. The molecule has 1 atom stereocenters. The zero-order chi connectivity index (χ0) is 12.3. The van der Waals surface area contributed by atoms with Gasteiger partial charge in [0, 0.05) is 12.6 Å². The maximum atomic E-state index is 8.74. The molecular formula is C14H30N2O. The van der Waals surface area contributed by atoms with Crippen LogP contribution in [0, 0.1) is 0 Å². The van der Waals surface area contributed by atoms with Gasteiger partial charge in [-0.3, -0.25) is 0 Å². The van der Waals surface area contributed by atoms with E-state index in [1.165, 1.54) is 58.0 Å². The Morgan fingerprint density at radius 2 is 2.00 bits per heavy atom. The lowest BCUT2D eigenvalue weighted by atomic mass is 9.98. The van der Waals surface area contributed by atoms with Gasteiger partial charge in [-0.05, 0) is 58.8 Å². The van der Waals surface area contributed by atoms with E-state index >= 15 is 0 Å². The van der Waals surface area contributed by atoms with Gasteiger partial charge in [0.25, 0.3) is 0 Å². The predicted molar refractivity (Wildman–Crippen MR) is 73.3 cm³/mol. The largest absolute Gasteiger partial charge is 0.396 e. The van der Waals surface area contributed by atoms with Crippen LogP contribution in [0.2, 0.25) is 0 Å². The summed E-state index contributed by atoms with van der Waals surface area (Å²) in [6, 6.07) is 0.814. The molecule has 0 radical (unpaired) electrons. The minimum absolute atomic E-state index is 0.356. The molecule has 1 rings (SSSR count). The van der Waals surface area contributed by atoms with Crippen molar-refractivity contribution in [1.29, 1.82) is 0 Å². The van der Waals surface area contributed by atoms with Crippen LogP contribution >= 0.6 is 0 Å². The highest BCUT2D eigenvalue weighted by Crippen LogP contribution is 2.20. The lowest BCUT2D eigenvalue weighted by Gasteiger charge is -2.35. The summed E-state index contributed by atoms with van der Waals surface area (Å²) in [6.07, 6.45) is 10.2. The Bertz CT molecular complexity index is 176. The Labute approximate surface area is 107 Å². The van der Waals surface area contributed by atoms with Crippen molar-refractivity contribution in [3.05, 3.63) is 0 Å². The molecular weight excluding hydrogens is 212 g/mol. The van der Waals surface area contributed by atoms with E-state index in [-0.39, 0.29) is 0 Å². The highest BCUT2D eigenvalue weighted by atomic mass is 16.2. The number of hydrogen-bond donors (Lipinski definition) is 2. The maximum Gasteiger partial charge on any atom is 0.0431 e. The monoisotopic (exact) mass is 242 g/mol. The summed E-state index contributed by atoms with van der Waals surface area (Å²) in [6.45, 7) is 4.06. The van der Waals surface area contributed by atoms with Crippen LogP contribution in [-0.2, 0) is 0 Å². The first-order chi connectivity index (χ1) is 8.38. The van der Waals surface area contributed by atoms with Gasteiger partial charge in [-0.2, -0.15) is 0 Å². The third-order valence-electron chi connectivity index (χ3n) is 3.83. The van der Waals surface area contributed by atoms with Gasteiger partial charge in [0.2, 0.25) is 0 Å². The van der Waals surface area contributed by atoms with Gasteiger partial charge in [-0.15, -0.1) is 0 Å². The Hall–Kier alpha value is -0.120. The molecule has 0 amide bonds. The molecule has 2 N–H and O–H groups in total. The lowest BCUT2D eigenvalue weighted by molar-refractivity contribution is 0.137. The molecule has 1 aliphatic heterocycles. The van der Waals surface area contributed by atoms with Crippen LogP contribution in [0.3, 0.4) is 0 Å². The summed E-state index contributed by atoms with van der Waals surface area (Å²) >= 11 is 0. The number of aliphatic hydroxyl groups is 1. The van der Waals surface area contributed by atoms with Crippen molar-refractivity contribution in [1.82, 2.24) is 10.2 Å². The molecule has 0 aromatic heterocycles. The molecule has 0 aromatic rings. The summed E-state index contributed by atoms with van der Waals surface area (Å²) in [7, 11) is 2.04. The number of hydrogen-bond acceptors (Lipinski definition) is 3. The Balaban J connectivity index is 2.13. The van der Waals surface area contributed by atoms with E-state index in [0.29, 0.717) is 6.61 Å². The second-order valence-electron chi connectivity index (χ2n) is 5.22. The van der Waals surface area contributed by atoms with Crippen LogP contribution < -0.4 is 5.32 Å². The van der Waals surface area contributed by atoms with Crippen molar-refractivity contribution < 1.29 is 5.11 Å². The summed E-state index contributed by atoms with van der Waals surface area (Å²) in [4.78, 5) is 2.69. The number of aliphatic hydroxyl groups excluding tert-OH is 1. The smallest absolute Gasteiger partial charge is 0.0431 e. The average molecular weight is 242 g/mol. The van der Waals surface area contributed by atoms with Crippen molar-refractivity contribution in [3.8, 4) is 0 Å². The second-order valence-corrected chi connectivity index (χ2v) is 5.22. The standard InChI is InChI=1S/C14H30N2O/c1-15-10-9-14-8-4-6-12-16(14)11-5-2-3-7-13-17/h14-15,17H,2-13H2,1H3. The van der Waals surface area contributed by atoms with Crippen molar-refractivity contribution in [2.45, 2.75) is 57.4 Å². The third-order valence-corrected chi connectivity index (χ3v) is 3.83. The van der Waals surface area contributed by atoms with E-state index in [9.17, 15) is 0 Å². The molecule has 1 aliphatic rings. The van der Waals surface area contributed by atoms with Crippen molar-refractivity contribution in [2.75, 3.05) is 33.3 Å². The number of nitrogens with zero attached hydrogens (tertiary/aromatic N) is 1. The van der Waals surface area contributed by atoms with Gasteiger partial charge in [-0.1, -0.05) is 19.3 Å². The van der Waals surface area contributed by atoms with Gasteiger partial charge in [0.05, 0.1) is 0 Å². The predicted octanol–water partition coefficient (Wildman–Crippen LogP) is 2.00. The summed E-state index contributed by atoms with van der Waals surface area (Å²) < 4.78 is 0. The molecule has 3 nitrogen and oxygen atoms in total. The van der Waals surface area contributed by atoms with E-state index in [0.717, 1.165) is 19.0 Å². The highest BCUT2D eigenvalue weighted by Gasteiger charge is 2.20. The minimum Gasteiger partial charge on any atom is -0.396 e. The van der Waals surface area contributed by atoms with Crippen molar-refractivity contribution in [2.24, 2.45) is 0 Å². The fraction of sp³-hybridized carbons (Fsp3) is 1.00. The Morgan fingerprint density at radius 1 is 1.18 bits per heavy atom. The topological polar surface area (TPSA) is 35.5 Å². The maximum absolute atomic E-state index is 8.74. The van der Waals surface area contributed by atoms with Crippen LogP contribution in [0.5, 0.6) is 0 Å². The van der Waals surface area contributed by atoms with E-state index in [1.54, 1.807) is 0 Å². The first-order valence-corrected chi connectivity index (χ1v) is 7.38. The molecule has 0 aliphatic carbocycles. The highest BCUT2D eigenvalue weighted by molar-refractivity contribution is 4.77. The summed E-state index contributed by atoms with van der Waals surface area (Å²) in [5.74, 6) is 0. The number of piperidine rings is 1. The fourth-order valence-corrected chi connectivity index (χ4v) is 2.77. The molecule has 1 unspecified atom stereocenters. The van der Waals surface area contributed by atoms with Gasteiger partial charge >= 0.3 is 0 Å². The van der Waals surface area contributed by atoms with Crippen LogP contribution in [-0.4, -0.2) is 49.3 Å². The van der Waals surface area contributed by atoms with E-state index < -0.39 is 0 Å². The quantitative estimate of drug-likeness (QED) is 0.607. The third kappa shape index (κ3) is 6.39. The molecule has 0 spiro atoms. The van der Waals surface area contributed by atoms with Crippen LogP contribution in [0.1, 0.15) is 51.4 Å². The molecule has 3 heteroatoms. The lowest BCUT2D eigenvalue weighted by Crippen LogP contribution is -2.41. The normalized spacial score (nSPS) is 21.9. The van der Waals surface area contributed by atoms with Crippen LogP contribution in [0.25, 0.3) is 0 Å². The molecule has 0 bridgehead atoms. The zero-order valence-electron chi connectivity index (χ0n) is 11.5. The van der Waals surface area contributed by atoms with Crippen molar-refractivity contribution in [3.63, 3.8) is 0 Å². The van der Waals surface area contributed by atoms with Gasteiger partial charge < -0.3 is 15.3 Å². The van der Waals surface area contributed by atoms with Crippen molar-refractivity contribution >= 4 is 0 Å².